The van der Waals surface area contributed by atoms with Gasteiger partial charge in [0.1, 0.15) is 5.82 Å². The average Bonchev–Trinajstić information content (AvgIpc) is 3.53. The molecule has 0 saturated carbocycles. The first kappa shape index (κ1) is 26.6. The van der Waals surface area contributed by atoms with E-state index in [1.54, 1.807) is 37.6 Å². The number of carbonyl (C=O) groups excluding carboxylic acids is 1. The number of hydrogen-bond acceptors (Lipinski definition) is 5. The summed E-state index contributed by atoms with van der Waals surface area (Å²) in [5.41, 5.74) is 5.45. The molecule has 1 atom stereocenters. The molecule has 0 aliphatic carbocycles. The van der Waals surface area contributed by atoms with Crippen molar-refractivity contribution in [1.29, 1.82) is 0 Å². The first-order valence-electron chi connectivity index (χ1n) is 12.7. The molecule has 39 heavy (non-hydrogen) atoms. The standard InChI is InChI=1S/C30H31FN4O4/c1-30(2,17-39-3)28-27(18-4-6-19(7-5-18)29(38)32-15-23(37)16-36)24-13-25-20(14-33-34-25)12-26(24)35(28)22-10-8-21(31)9-11-22/h4-14,23,36-37H,15-17H2,1-3H3,(H,32,38)(H,33,34). The quantitative estimate of drug-likeness (QED) is 0.227. The van der Waals surface area contributed by atoms with Gasteiger partial charge >= 0.3 is 0 Å². The number of halogens is 1. The summed E-state index contributed by atoms with van der Waals surface area (Å²) in [5, 5.41) is 30.4. The molecule has 4 N–H and O–H groups in total. The number of aliphatic hydroxyl groups is 2. The van der Waals surface area contributed by atoms with E-state index in [2.05, 4.69) is 46.1 Å². The summed E-state index contributed by atoms with van der Waals surface area (Å²) >= 11 is 0. The third kappa shape index (κ3) is 5.04. The molecule has 0 bridgehead atoms. The van der Waals surface area contributed by atoms with Crippen LogP contribution in [0.3, 0.4) is 0 Å². The number of aliphatic hydroxyl groups excluding tert-OH is 2. The summed E-state index contributed by atoms with van der Waals surface area (Å²) in [4.78, 5) is 12.6. The maximum absolute atomic E-state index is 13.9. The molecule has 0 fully saturated rings. The molecule has 1 unspecified atom stereocenters. The van der Waals surface area contributed by atoms with Gasteiger partial charge in [0, 0.05) is 52.4 Å². The molecule has 2 heterocycles. The fourth-order valence-electron chi connectivity index (χ4n) is 5.11. The number of aromatic nitrogens is 3. The van der Waals surface area contributed by atoms with E-state index in [1.165, 1.54) is 12.1 Å². The summed E-state index contributed by atoms with van der Waals surface area (Å²) in [5.74, 6) is -0.660. The van der Waals surface area contributed by atoms with E-state index in [0.717, 1.165) is 44.3 Å². The molecule has 0 aliphatic heterocycles. The van der Waals surface area contributed by atoms with Crippen LogP contribution in [0.15, 0.2) is 66.9 Å². The van der Waals surface area contributed by atoms with Gasteiger partial charge in [-0.05, 0) is 54.1 Å². The van der Waals surface area contributed by atoms with E-state index in [1.807, 2.05) is 12.1 Å². The Kier molecular flexibility index (Phi) is 7.22. The van der Waals surface area contributed by atoms with Crippen LogP contribution in [0.1, 0.15) is 29.9 Å². The molecule has 202 valence electrons. The summed E-state index contributed by atoms with van der Waals surface area (Å²) < 4.78 is 21.7. The van der Waals surface area contributed by atoms with Gasteiger partial charge < -0.3 is 24.8 Å². The van der Waals surface area contributed by atoms with Crippen molar-refractivity contribution in [3.05, 3.63) is 83.9 Å². The van der Waals surface area contributed by atoms with Crippen LogP contribution in [0, 0.1) is 5.82 Å². The fraction of sp³-hybridized carbons (Fsp3) is 0.267. The number of nitrogens with one attached hydrogen (secondary N) is 2. The van der Waals surface area contributed by atoms with E-state index in [0.29, 0.717) is 12.2 Å². The van der Waals surface area contributed by atoms with Crippen LogP contribution in [-0.4, -0.2) is 63.9 Å². The van der Waals surface area contributed by atoms with Gasteiger partial charge in [0.2, 0.25) is 0 Å². The predicted octanol–water partition coefficient (Wildman–Crippen LogP) is 4.32. The fourth-order valence-corrected chi connectivity index (χ4v) is 5.11. The first-order valence-corrected chi connectivity index (χ1v) is 12.7. The van der Waals surface area contributed by atoms with Crippen LogP contribution in [0.5, 0.6) is 0 Å². The van der Waals surface area contributed by atoms with Crippen LogP contribution in [0.2, 0.25) is 0 Å². The molecular weight excluding hydrogens is 499 g/mol. The largest absolute Gasteiger partial charge is 0.394 e. The lowest BCUT2D eigenvalue weighted by molar-refractivity contribution is 0.0802. The summed E-state index contributed by atoms with van der Waals surface area (Å²) in [6.45, 7) is 4.18. The third-order valence-corrected chi connectivity index (χ3v) is 6.90. The molecule has 5 rings (SSSR count). The summed E-state index contributed by atoms with van der Waals surface area (Å²) in [6, 6.07) is 17.8. The molecule has 1 amide bonds. The minimum Gasteiger partial charge on any atom is -0.394 e. The number of amides is 1. The Bertz CT molecular complexity index is 1620. The van der Waals surface area contributed by atoms with Crippen LogP contribution in [0.4, 0.5) is 4.39 Å². The lowest BCUT2D eigenvalue weighted by Gasteiger charge is -2.28. The van der Waals surface area contributed by atoms with Crippen molar-refractivity contribution < 1.29 is 24.1 Å². The molecule has 8 nitrogen and oxygen atoms in total. The van der Waals surface area contributed by atoms with E-state index < -0.39 is 18.1 Å². The van der Waals surface area contributed by atoms with Gasteiger partial charge in [-0.15, -0.1) is 0 Å². The normalized spacial score (nSPS) is 12.8. The van der Waals surface area contributed by atoms with Crippen molar-refractivity contribution in [2.75, 3.05) is 26.9 Å². The molecule has 0 spiro atoms. The van der Waals surface area contributed by atoms with Crippen LogP contribution in [-0.2, 0) is 10.2 Å². The Morgan fingerprint density at radius 1 is 1.15 bits per heavy atom. The molecule has 3 aromatic carbocycles. The SMILES string of the molecule is COCC(C)(C)c1c(-c2ccc(C(=O)NCC(O)CO)cc2)c2cc3[nH]ncc3cc2n1-c1ccc(F)cc1. The van der Waals surface area contributed by atoms with Crippen molar-refractivity contribution in [2.24, 2.45) is 0 Å². The highest BCUT2D eigenvalue weighted by Gasteiger charge is 2.32. The maximum Gasteiger partial charge on any atom is 0.251 e. The van der Waals surface area contributed by atoms with Crippen molar-refractivity contribution in [2.45, 2.75) is 25.4 Å². The van der Waals surface area contributed by atoms with Gasteiger partial charge in [0.25, 0.3) is 5.91 Å². The van der Waals surface area contributed by atoms with Gasteiger partial charge in [0.15, 0.2) is 0 Å². The number of hydrogen-bond donors (Lipinski definition) is 4. The van der Waals surface area contributed by atoms with Crippen molar-refractivity contribution in [3.63, 3.8) is 0 Å². The number of carbonyl (C=O) groups is 1. The number of fused-ring (bicyclic) bond motifs is 2. The number of ether oxygens (including phenoxy) is 1. The lowest BCUT2D eigenvalue weighted by Crippen LogP contribution is -2.33. The highest BCUT2D eigenvalue weighted by atomic mass is 19.1. The van der Waals surface area contributed by atoms with Gasteiger partial charge in [-0.25, -0.2) is 4.39 Å². The lowest BCUT2D eigenvalue weighted by atomic mass is 9.84. The Hall–Kier alpha value is -4.05. The highest BCUT2D eigenvalue weighted by Crippen LogP contribution is 2.44. The summed E-state index contributed by atoms with van der Waals surface area (Å²) in [7, 11) is 1.67. The number of rotatable bonds is 9. The van der Waals surface area contributed by atoms with Gasteiger partial charge in [-0.1, -0.05) is 26.0 Å². The molecule has 0 radical (unpaired) electrons. The van der Waals surface area contributed by atoms with Crippen molar-refractivity contribution in [3.8, 4) is 16.8 Å². The number of aromatic amines is 1. The predicted molar refractivity (Wildman–Crippen MR) is 149 cm³/mol. The molecular formula is C30H31FN4O4. The van der Waals surface area contributed by atoms with E-state index in [4.69, 9.17) is 9.84 Å². The van der Waals surface area contributed by atoms with E-state index in [-0.39, 0.29) is 18.3 Å². The third-order valence-electron chi connectivity index (χ3n) is 6.90. The van der Waals surface area contributed by atoms with Gasteiger partial charge in [-0.2, -0.15) is 5.10 Å². The number of methoxy groups -OCH3 is 1. The minimum atomic E-state index is -1.02. The van der Waals surface area contributed by atoms with Crippen LogP contribution < -0.4 is 5.32 Å². The Balaban J connectivity index is 1.74. The molecule has 9 heteroatoms. The molecule has 2 aromatic heterocycles. The maximum atomic E-state index is 13.9. The zero-order valence-electron chi connectivity index (χ0n) is 22.0. The number of H-pyrrole nitrogens is 1. The Morgan fingerprint density at radius 2 is 1.87 bits per heavy atom. The van der Waals surface area contributed by atoms with Crippen molar-refractivity contribution >= 4 is 27.7 Å². The smallest absolute Gasteiger partial charge is 0.251 e. The molecule has 0 aliphatic rings. The van der Waals surface area contributed by atoms with Crippen molar-refractivity contribution in [1.82, 2.24) is 20.1 Å². The first-order chi connectivity index (χ1) is 18.7. The van der Waals surface area contributed by atoms with Crippen LogP contribution >= 0.6 is 0 Å². The monoisotopic (exact) mass is 530 g/mol. The average molecular weight is 531 g/mol. The van der Waals surface area contributed by atoms with E-state index >= 15 is 0 Å². The minimum absolute atomic E-state index is 0.0439. The zero-order valence-corrected chi connectivity index (χ0v) is 22.0. The molecule has 5 aromatic rings. The number of benzene rings is 3. The molecule has 0 saturated heterocycles. The Morgan fingerprint density at radius 3 is 2.54 bits per heavy atom. The number of nitrogens with zero attached hydrogens (tertiary/aromatic N) is 2. The highest BCUT2D eigenvalue weighted by molar-refractivity contribution is 6.06. The van der Waals surface area contributed by atoms with Gasteiger partial charge in [0.05, 0.1) is 36.5 Å². The second-order valence-electron chi connectivity index (χ2n) is 10.3. The van der Waals surface area contributed by atoms with Crippen LogP contribution in [0.25, 0.3) is 38.6 Å². The second kappa shape index (κ2) is 10.6. The zero-order chi connectivity index (χ0) is 27.7. The van der Waals surface area contributed by atoms with E-state index in [9.17, 15) is 14.3 Å². The second-order valence-corrected chi connectivity index (χ2v) is 10.3. The Labute approximate surface area is 225 Å². The topological polar surface area (TPSA) is 112 Å². The summed E-state index contributed by atoms with van der Waals surface area (Å²) in [6.07, 6.45) is 0.757. The van der Waals surface area contributed by atoms with Gasteiger partial charge in [-0.3, -0.25) is 9.89 Å².